The Morgan fingerprint density at radius 3 is 0.915 bits per heavy atom. The van der Waals surface area contributed by atoms with Crippen molar-refractivity contribution in [1.82, 2.24) is 0 Å². The van der Waals surface area contributed by atoms with Crippen molar-refractivity contribution in [2.24, 2.45) is 0 Å². The number of fused-ring (bicyclic) bond motifs is 2. The second kappa shape index (κ2) is 15.8. The molecule has 8 rings (SSSR count). The molecule has 1 radical (unpaired) electrons. The van der Waals surface area contributed by atoms with Gasteiger partial charge in [0.25, 0.3) is 0 Å². The Kier molecular flexibility index (Phi) is 11.4. The van der Waals surface area contributed by atoms with E-state index in [0.29, 0.717) is 0 Å². The molecule has 0 saturated heterocycles. The zero-order valence-electron chi connectivity index (χ0n) is 27.4. The summed E-state index contributed by atoms with van der Waals surface area (Å²) in [7, 11) is 0. The van der Waals surface area contributed by atoms with Gasteiger partial charge in [-0.15, -0.1) is 44.8 Å². The van der Waals surface area contributed by atoms with Crippen molar-refractivity contribution in [3.8, 4) is 44.5 Å². The van der Waals surface area contributed by atoms with E-state index in [1.165, 1.54) is 77.2 Å². The Bertz CT molecular complexity index is 1840. The summed E-state index contributed by atoms with van der Waals surface area (Å²) in [5, 5.41) is 5.35. The Hall–Kier alpha value is -4.58. The van der Waals surface area contributed by atoms with E-state index in [4.69, 9.17) is 0 Å². The standard InChI is InChI=1S/2C22H17.C2H5.Zr/c2*1-16-14-21-19(17-8-4-2-5-9-17)12-13-20(22(21)15-16)18-10-6-3-7-11-18;1-2;/h2*2-15H,1H3;1H2,2H3;/q3*-1;+3. The van der Waals surface area contributed by atoms with Crippen LogP contribution in [0.15, 0.2) is 170 Å². The van der Waals surface area contributed by atoms with E-state index < -0.39 is 0 Å². The largest absolute Gasteiger partial charge is 3.00 e. The van der Waals surface area contributed by atoms with Gasteiger partial charge in [0, 0.05) is 0 Å². The van der Waals surface area contributed by atoms with Crippen molar-refractivity contribution in [3.05, 3.63) is 188 Å². The molecule has 0 heterocycles. The van der Waals surface area contributed by atoms with Gasteiger partial charge in [0.05, 0.1) is 0 Å². The maximum absolute atomic E-state index is 3.25. The zero-order valence-corrected chi connectivity index (χ0v) is 29.8. The van der Waals surface area contributed by atoms with E-state index in [9.17, 15) is 0 Å². The van der Waals surface area contributed by atoms with Gasteiger partial charge in [-0.3, -0.25) is 0 Å². The van der Waals surface area contributed by atoms with Crippen LogP contribution in [0.5, 0.6) is 0 Å². The van der Waals surface area contributed by atoms with Crippen LogP contribution < -0.4 is 0 Å². The summed E-state index contributed by atoms with van der Waals surface area (Å²) in [6.07, 6.45) is 0. The van der Waals surface area contributed by atoms with Gasteiger partial charge in [0.1, 0.15) is 0 Å². The molecule has 8 aromatic carbocycles. The molecule has 0 nitrogen and oxygen atoms in total. The van der Waals surface area contributed by atoms with Gasteiger partial charge < -0.3 is 6.92 Å². The van der Waals surface area contributed by atoms with Gasteiger partial charge >= 0.3 is 26.2 Å². The number of hydrogen-bond acceptors (Lipinski definition) is 0. The van der Waals surface area contributed by atoms with Crippen molar-refractivity contribution in [3.63, 3.8) is 0 Å². The Balaban J connectivity index is 0.000000172. The third kappa shape index (κ3) is 7.38. The van der Waals surface area contributed by atoms with E-state index in [2.05, 4.69) is 191 Å². The molecule has 0 fully saturated rings. The number of aryl methyl sites for hydroxylation is 2. The van der Waals surface area contributed by atoms with E-state index in [1.807, 2.05) is 0 Å². The molecule has 0 unspecified atom stereocenters. The molecule has 0 aromatic heterocycles. The number of hydrogen-bond donors (Lipinski definition) is 0. The van der Waals surface area contributed by atoms with E-state index >= 15 is 0 Å². The van der Waals surface area contributed by atoms with E-state index in [0.717, 1.165) is 0 Å². The molecular formula is C46H39Zr. The van der Waals surface area contributed by atoms with Crippen LogP contribution in [0.3, 0.4) is 0 Å². The van der Waals surface area contributed by atoms with E-state index in [-0.39, 0.29) is 26.2 Å². The second-order valence-electron chi connectivity index (χ2n) is 11.5. The van der Waals surface area contributed by atoms with Crippen LogP contribution >= 0.6 is 0 Å². The molecule has 0 saturated carbocycles. The molecule has 0 aliphatic carbocycles. The minimum atomic E-state index is 0. The summed E-state index contributed by atoms with van der Waals surface area (Å²) in [6.45, 7) is 9.34. The van der Waals surface area contributed by atoms with Gasteiger partial charge in [-0.05, 0) is 11.1 Å². The first-order valence-electron chi connectivity index (χ1n) is 16.0. The molecule has 227 valence electrons. The van der Waals surface area contributed by atoms with Crippen LogP contribution in [-0.2, 0) is 26.2 Å². The molecule has 0 aliphatic rings. The van der Waals surface area contributed by atoms with Crippen molar-refractivity contribution >= 4 is 21.5 Å². The first kappa shape index (κ1) is 33.8. The molecule has 0 atom stereocenters. The normalized spacial score (nSPS) is 10.4. The van der Waals surface area contributed by atoms with Gasteiger partial charge in [-0.25, -0.2) is 0 Å². The molecular weight excluding hydrogens is 644 g/mol. The van der Waals surface area contributed by atoms with Crippen LogP contribution in [0.1, 0.15) is 18.1 Å². The fourth-order valence-electron chi connectivity index (χ4n) is 6.37. The van der Waals surface area contributed by atoms with Crippen LogP contribution in [0.25, 0.3) is 66.1 Å². The maximum Gasteiger partial charge on any atom is 3.00 e. The average Bonchev–Trinajstić information content (AvgIpc) is 3.72. The zero-order chi connectivity index (χ0) is 31.9. The van der Waals surface area contributed by atoms with Gasteiger partial charge in [-0.2, -0.15) is 19.1 Å². The minimum Gasteiger partial charge on any atom is -0.346 e. The predicted molar refractivity (Wildman–Crippen MR) is 201 cm³/mol. The SMILES string of the molecule is Cc1cc2c(-c3ccccc3)ccc(-c3ccccc3)c2[cH-]1.Cc1cc2c(-c3ccccc3)ccc(-c3ccccc3)c2[cH-]1.[CH2-]C.[Zr+3]. The van der Waals surface area contributed by atoms with Crippen LogP contribution in [0, 0.1) is 20.8 Å². The summed E-state index contributed by atoms with van der Waals surface area (Å²) in [4.78, 5) is 0. The molecule has 0 amide bonds. The van der Waals surface area contributed by atoms with Crippen molar-refractivity contribution in [1.29, 1.82) is 0 Å². The smallest absolute Gasteiger partial charge is 0.346 e. The van der Waals surface area contributed by atoms with Crippen molar-refractivity contribution in [2.75, 3.05) is 0 Å². The van der Waals surface area contributed by atoms with Crippen molar-refractivity contribution < 1.29 is 26.2 Å². The first-order valence-corrected chi connectivity index (χ1v) is 16.0. The molecule has 1 heteroatoms. The van der Waals surface area contributed by atoms with Crippen LogP contribution in [0.4, 0.5) is 0 Å². The fourth-order valence-corrected chi connectivity index (χ4v) is 6.37. The van der Waals surface area contributed by atoms with Crippen molar-refractivity contribution in [2.45, 2.75) is 20.8 Å². The second-order valence-corrected chi connectivity index (χ2v) is 11.5. The quantitative estimate of drug-likeness (QED) is 0.162. The van der Waals surface area contributed by atoms with Crippen LogP contribution in [0.2, 0.25) is 0 Å². The Morgan fingerprint density at radius 2 is 0.617 bits per heavy atom. The summed E-state index contributed by atoms with van der Waals surface area (Å²) >= 11 is 0. The third-order valence-electron chi connectivity index (χ3n) is 8.40. The monoisotopic (exact) mass is 681 g/mol. The molecule has 0 bridgehead atoms. The summed E-state index contributed by atoms with van der Waals surface area (Å²) < 4.78 is 0. The van der Waals surface area contributed by atoms with Crippen LogP contribution in [-0.4, -0.2) is 0 Å². The third-order valence-corrected chi connectivity index (χ3v) is 8.40. The molecule has 0 spiro atoms. The maximum atomic E-state index is 3.25. The minimum absolute atomic E-state index is 0. The topological polar surface area (TPSA) is 0 Å². The summed E-state index contributed by atoms with van der Waals surface area (Å²) in [5.41, 5.74) is 13.0. The molecule has 0 N–H and O–H groups in total. The molecule has 0 aliphatic heterocycles. The fraction of sp³-hybridized carbons (Fsp3) is 0.0652. The van der Waals surface area contributed by atoms with Gasteiger partial charge in [0.15, 0.2) is 0 Å². The predicted octanol–water partition coefficient (Wildman–Crippen LogP) is 13.2. The van der Waals surface area contributed by atoms with Gasteiger partial charge in [0.2, 0.25) is 0 Å². The Morgan fingerprint density at radius 1 is 0.362 bits per heavy atom. The first-order chi connectivity index (χ1) is 22.7. The molecule has 47 heavy (non-hydrogen) atoms. The number of rotatable bonds is 4. The molecule has 8 aromatic rings. The summed E-state index contributed by atoms with van der Waals surface area (Å²) in [5.74, 6) is 0. The average molecular weight is 683 g/mol. The summed E-state index contributed by atoms with van der Waals surface area (Å²) in [6, 6.07) is 60.7. The number of benzene rings is 6. The van der Waals surface area contributed by atoms with Gasteiger partial charge in [-0.1, -0.05) is 193 Å². The van der Waals surface area contributed by atoms with E-state index in [1.54, 1.807) is 6.92 Å². The Labute approximate surface area is 299 Å².